The van der Waals surface area contributed by atoms with Gasteiger partial charge in [-0.05, 0) is 18.2 Å². The van der Waals surface area contributed by atoms with E-state index < -0.39 is 25.0 Å². The summed E-state index contributed by atoms with van der Waals surface area (Å²) in [5.74, 6) is -0.624. The smallest absolute Gasteiger partial charge is 0.352 e. The molecule has 0 saturated heterocycles. The molecule has 0 aromatic heterocycles. The number of nitrogens with one attached hydrogen (secondary N) is 1. The van der Waals surface area contributed by atoms with Gasteiger partial charge in [-0.15, -0.1) is 0 Å². The van der Waals surface area contributed by atoms with Gasteiger partial charge in [0.2, 0.25) is 0 Å². The van der Waals surface area contributed by atoms with E-state index in [-0.39, 0.29) is 10.6 Å². The van der Waals surface area contributed by atoms with E-state index in [0.29, 0.717) is 4.47 Å². The molecule has 0 unspecified atom stereocenters. The molecular weight excluding hydrogens is 322 g/mol. The van der Waals surface area contributed by atoms with Gasteiger partial charge in [0.15, 0.2) is 0 Å². The number of carbonyl (C=O) groups is 1. The highest BCUT2D eigenvalue weighted by atomic mass is 79.9. The van der Waals surface area contributed by atoms with Gasteiger partial charge in [-0.1, -0.05) is 27.5 Å². The summed E-state index contributed by atoms with van der Waals surface area (Å²) in [7, 11) is 0. The van der Waals surface area contributed by atoms with Crippen molar-refractivity contribution < 1.29 is 18.0 Å². The molecule has 0 fully saturated rings. The molecule has 1 rings (SSSR count). The minimum absolute atomic E-state index is 0.142. The molecule has 0 bridgehead atoms. The van der Waals surface area contributed by atoms with Gasteiger partial charge < -0.3 is 5.32 Å². The Morgan fingerprint density at radius 1 is 1.41 bits per heavy atom. The van der Waals surface area contributed by atoms with E-state index in [0.717, 1.165) is 0 Å². The molecule has 1 N–H and O–H groups in total. The van der Waals surface area contributed by atoms with Crippen molar-refractivity contribution in [2.45, 2.75) is 12.6 Å². The van der Waals surface area contributed by atoms with E-state index in [1.54, 1.807) is 6.07 Å². The zero-order valence-corrected chi connectivity index (χ0v) is 10.8. The maximum Gasteiger partial charge on any atom is 0.390 e. The fraction of sp³-hybridized carbons (Fsp3) is 0.300. The predicted molar refractivity (Wildman–Crippen MR) is 62.2 cm³/mol. The van der Waals surface area contributed by atoms with Crippen LogP contribution in [0.3, 0.4) is 0 Å². The van der Waals surface area contributed by atoms with Gasteiger partial charge in [-0.3, -0.25) is 4.79 Å². The molecule has 0 atom stereocenters. The second kappa shape index (κ2) is 5.73. The average molecular weight is 331 g/mol. The summed E-state index contributed by atoms with van der Waals surface area (Å²) in [6, 6.07) is 4.57. The van der Waals surface area contributed by atoms with E-state index in [1.807, 2.05) is 0 Å². The Hall–Kier alpha value is -0.750. The largest absolute Gasteiger partial charge is 0.390 e. The van der Waals surface area contributed by atoms with Gasteiger partial charge in [0, 0.05) is 11.0 Å². The first kappa shape index (κ1) is 14.3. The molecule has 0 radical (unpaired) electrons. The summed E-state index contributed by atoms with van der Waals surface area (Å²) in [5, 5.41) is 2.35. The quantitative estimate of drug-likeness (QED) is 0.898. The molecule has 0 aliphatic carbocycles. The Labute approximate surface area is 109 Å². The number of carbonyl (C=O) groups excluding carboxylic acids is 1. The number of amides is 1. The number of halogens is 5. The number of rotatable bonds is 3. The highest BCUT2D eigenvalue weighted by Crippen LogP contribution is 2.21. The van der Waals surface area contributed by atoms with Crippen LogP contribution in [0.4, 0.5) is 13.2 Å². The zero-order valence-electron chi connectivity index (χ0n) is 8.44. The molecule has 2 nitrogen and oxygen atoms in total. The third kappa shape index (κ3) is 4.95. The Kier molecular flexibility index (Phi) is 4.82. The van der Waals surface area contributed by atoms with Crippen molar-refractivity contribution in [3.8, 4) is 0 Å². The van der Waals surface area contributed by atoms with Gasteiger partial charge in [0.25, 0.3) is 5.91 Å². The van der Waals surface area contributed by atoms with Crippen molar-refractivity contribution in [3.05, 3.63) is 33.3 Å². The van der Waals surface area contributed by atoms with Crippen LogP contribution in [0.25, 0.3) is 0 Å². The molecule has 17 heavy (non-hydrogen) atoms. The Bertz CT molecular complexity index is 423. The molecule has 7 heteroatoms. The van der Waals surface area contributed by atoms with Crippen molar-refractivity contribution in [3.63, 3.8) is 0 Å². The van der Waals surface area contributed by atoms with Gasteiger partial charge >= 0.3 is 6.18 Å². The van der Waals surface area contributed by atoms with Gasteiger partial charge in [-0.2, -0.15) is 13.2 Å². The van der Waals surface area contributed by atoms with E-state index >= 15 is 0 Å². The monoisotopic (exact) mass is 329 g/mol. The molecule has 0 saturated carbocycles. The van der Waals surface area contributed by atoms with E-state index in [2.05, 4.69) is 21.2 Å². The summed E-state index contributed by atoms with van der Waals surface area (Å²) in [5.41, 5.74) is 0.142. The standard InChI is InChI=1S/C10H8BrClF3NO/c11-6-1-2-8(12)7(5-6)9(17)16-4-3-10(13,14)15/h1-2,5H,3-4H2,(H,16,17). The number of benzene rings is 1. The van der Waals surface area contributed by atoms with Crippen molar-refractivity contribution in [1.29, 1.82) is 0 Å². The number of alkyl halides is 3. The molecule has 0 aliphatic heterocycles. The Morgan fingerprint density at radius 2 is 2.06 bits per heavy atom. The van der Waals surface area contributed by atoms with Crippen LogP contribution in [-0.4, -0.2) is 18.6 Å². The Morgan fingerprint density at radius 3 is 2.65 bits per heavy atom. The summed E-state index contributed by atoms with van der Waals surface area (Å²) in [6.45, 7) is -0.467. The van der Waals surface area contributed by atoms with Crippen LogP contribution >= 0.6 is 27.5 Å². The topological polar surface area (TPSA) is 29.1 Å². The lowest BCUT2D eigenvalue weighted by Gasteiger charge is -2.09. The third-order valence-electron chi connectivity index (χ3n) is 1.87. The van der Waals surface area contributed by atoms with Gasteiger partial charge in [0.05, 0.1) is 17.0 Å². The van der Waals surface area contributed by atoms with E-state index in [9.17, 15) is 18.0 Å². The molecule has 1 aromatic carbocycles. The molecule has 0 heterocycles. The second-order valence-corrected chi connectivity index (χ2v) is 4.57. The highest BCUT2D eigenvalue weighted by molar-refractivity contribution is 9.10. The molecule has 94 valence electrons. The summed E-state index contributed by atoms with van der Waals surface area (Å²) in [4.78, 5) is 11.5. The number of hydrogen-bond donors (Lipinski definition) is 1. The molecule has 0 aliphatic rings. The van der Waals surface area contributed by atoms with E-state index in [4.69, 9.17) is 11.6 Å². The molecule has 1 amide bonds. The van der Waals surface area contributed by atoms with Crippen LogP contribution < -0.4 is 5.32 Å². The molecule has 1 aromatic rings. The second-order valence-electron chi connectivity index (χ2n) is 3.25. The fourth-order valence-electron chi connectivity index (χ4n) is 1.08. The minimum Gasteiger partial charge on any atom is -0.352 e. The lowest BCUT2D eigenvalue weighted by molar-refractivity contribution is -0.132. The fourth-order valence-corrected chi connectivity index (χ4v) is 1.65. The van der Waals surface area contributed by atoms with Crippen molar-refractivity contribution in [1.82, 2.24) is 5.32 Å². The average Bonchev–Trinajstić information content (AvgIpc) is 2.19. The Balaban J connectivity index is 2.61. The first-order chi connectivity index (χ1) is 7.79. The number of hydrogen-bond acceptors (Lipinski definition) is 1. The molecular formula is C10H8BrClF3NO. The van der Waals surface area contributed by atoms with Crippen LogP contribution in [0.2, 0.25) is 5.02 Å². The van der Waals surface area contributed by atoms with Crippen LogP contribution in [-0.2, 0) is 0 Å². The third-order valence-corrected chi connectivity index (χ3v) is 2.69. The van der Waals surface area contributed by atoms with Gasteiger partial charge in [0.1, 0.15) is 0 Å². The minimum atomic E-state index is -4.28. The summed E-state index contributed by atoms with van der Waals surface area (Å²) in [6.07, 6.45) is -5.35. The van der Waals surface area contributed by atoms with Crippen molar-refractivity contribution in [2.75, 3.05) is 6.54 Å². The SMILES string of the molecule is O=C(NCCC(F)(F)F)c1cc(Br)ccc1Cl. The summed E-state index contributed by atoms with van der Waals surface area (Å²) >= 11 is 8.90. The summed E-state index contributed by atoms with van der Waals surface area (Å²) < 4.78 is 36.2. The van der Waals surface area contributed by atoms with Crippen molar-refractivity contribution >= 4 is 33.4 Å². The lowest BCUT2D eigenvalue weighted by atomic mass is 10.2. The highest BCUT2D eigenvalue weighted by Gasteiger charge is 2.26. The normalized spacial score (nSPS) is 11.4. The van der Waals surface area contributed by atoms with Crippen molar-refractivity contribution in [2.24, 2.45) is 0 Å². The zero-order chi connectivity index (χ0) is 13.1. The maximum atomic E-state index is 11.9. The van der Waals surface area contributed by atoms with Gasteiger partial charge in [-0.25, -0.2) is 0 Å². The van der Waals surface area contributed by atoms with Crippen LogP contribution in [0, 0.1) is 0 Å². The van der Waals surface area contributed by atoms with Crippen LogP contribution in [0.5, 0.6) is 0 Å². The maximum absolute atomic E-state index is 11.9. The van der Waals surface area contributed by atoms with Crippen LogP contribution in [0.1, 0.15) is 16.8 Å². The van der Waals surface area contributed by atoms with Crippen LogP contribution in [0.15, 0.2) is 22.7 Å². The van der Waals surface area contributed by atoms with E-state index in [1.165, 1.54) is 12.1 Å². The molecule has 0 spiro atoms. The lowest BCUT2D eigenvalue weighted by Crippen LogP contribution is -2.28. The first-order valence-corrected chi connectivity index (χ1v) is 5.77. The predicted octanol–water partition coefficient (Wildman–Crippen LogP) is 3.78. The first-order valence-electron chi connectivity index (χ1n) is 4.59.